The number of hydrogen-bond donors (Lipinski definition) is 1. The Labute approximate surface area is 163 Å². The van der Waals surface area contributed by atoms with Crippen LogP contribution in [-0.4, -0.2) is 39.1 Å². The van der Waals surface area contributed by atoms with Crippen LogP contribution in [0.25, 0.3) is 10.6 Å². The van der Waals surface area contributed by atoms with Gasteiger partial charge in [-0.1, -0.05) is 6.07 Å². The first-order valence-electron chi connectivity index (χ1n) is 7.72. The highest BCUT2D eigenvalue weighted by molar-refractivity contribution is 7.13. The van der Waals surface area contributed by atoms with Gasteiger partial charge in [-0.05, 0) is 11.4 Å². The van der Waals surface area contributed by atoms with Crippen LogP contribution in [0.1, 0.15) is 17.8 Å². The van der Waals surface area contributed by atoms with Gasteiger partial charge >= 0.3 is 0 Å². The van der Waals surface area contributed by atoms with Crippen LogP contribution in [0.3, 0.4) is 0 Å². The molecule has 1 atom stereocenters. The monoisotopic (exact) mass is 401 g/mol. The van der Waals surface area contributed by atoms with Crippen LogP contribution in [0.2, 0.25) is 0 Å². The van der Waals surface area contributed by atoms with E-state index in [4.69, 9.17) is 4.42 Å². The van der Waals surface area contributed by atoms with Crippen LogP contribution in [0.4, 0.5) is 0 Å². The summed E-state index contributed by atoms with van der Waals surface area (Å²) in [5.74, 6) is 2.68. The Morgan fingerprint density at radius 3 is 2.96 bits per heavy atom. The molecule has 1 N–H and O–H groups in total. The van der Waals surface area contributed by atoms with Gasteiger partial charge in [-0.2, -0.15) is 0 Å². The van der Waals surface area contributed by atoms with Crippen molar-refractivity contribution in [2.75, 3.05) is 19.6 Å². The first kappa shape index (κ1) is 19.9. The summed E-state index contributed by atoms with van der Waals surface area (Å²) in [5.41, 5.74) is 0. The minimum Gasteiger partial charge on any atom is -0.438 e. The highest BCUT2D eigenvalue weighted by Gasteiger charge is 2.27. The maximum Gasteiger partial charge on any atom is 0.209 e. The minimum absolute atomic E-state index is 0. The van der Waals surface area contributed by atoms with Gasteiger partial charge in [-0.3, -0.25) is 4.90 Å². The fraction of sp³-hybridized carbons (Fsp3) is 0.375. The van der Waals surface area contributed by atoms with Crippen LogP contribution in [0, 0.1) is 0 Å². The molecule has 0 amide bonds. The van der Waals surface area contributed by atoms with Crippen LogP contribution in [0.5, 0.6) is 0 Å². The van der Waals surface area contributed by atoms with Crippen LogP contribution >= 0.6 is 36.2 Å². The third-order valence-corrected chi connectivity index (χ3v) is 5.05. The maximum absolute atomic E-state index is 5.94. The molecule has 0 aromatic carbocycles. The molecular formula is C16H21Cl2N5OS. The molecule has 1 saturated heterocycles. The van der Waals surface area contributed by atoms with Crippen molar-refractivity contribution in [2.45, 2.75) is 12.6 Å². The molecule has 1 fully saturated rings. The van der Waals surface area contributed by atoms with Gasteiger partial charge in [-0.25, -0.2) is 9.97 Å². The van der Waals surface area contributed by atoms with Crippen LogP contribution in [0.15, 0.2) is 40.5 Å². The largest absolute Gasteiger partial charge is 0.438 e. The average molecular weight is 402 g/mol. The summed E-state index contributed by atoms with van der Waals surface area (Å²) in [6, 6.07) is 4.31. The van der Waals surface area contributed by atoms with Gasteiger partial charge in [0.05, 0.1) is 23.7 Å². The van der Waals surface area contributed by atoms with Crippen molar-refractivity contribution < 1.29 is 4.42 Å². The second-order valence-electron chi connectivity index (χ2n) is 5.68. The zero-order chi connectivity index (χ0) is 15.6. The topological polar surface area (TPSA) is 59.1 Å². The summed E-state index contributed by atoms with van der Waals surface area (Å²) in [6.07, 6.45) is 5.66. The second-order valence-corrected chi connectivity index (χ2v) is 6.63. The lowest BCUT2D eigenvalue weighted by Crippen LogP contribution is -2.46. The minimum atomic E-state index is 0. The van der Waals surface area contributed by atoms with Gasteiger partial charge in [0, 0.05) is 39.1 Å². The van der Waals surface area contributed by atoms with Gasteiger partial charge < -0.3 is 14.3 Å². The number of oxazole rings is 1. The predicted octanol–water partition coefficient (Wildman–Crippen LogP) is 3.13. The number of aromatic nitrogens is 3. The normalized spacial score (nSPS) is 17.7. The summed E-state index contributed by atoms with van der Waals surface area (Å²) >= 11 is 1.67. The first-order valence-corrected chi connectivity index (χ1v) is 8.60. The Hall–Kier alpha value is -1.38. The van der Waals surface area contributed by atoms with E-state index in [1.54, 1.807) is 11.3 Å². The van der Waals surface area contributed by atoms with E-state index in [9.17, 15) is 0 Å². The third kappa shape index (κ3) is 4.24. The lowest BCUT2D eigenvalue weighted by Gasteiger charge is -2.34. The summed E-state index contributed by atoms with van der Waals surface area (Å²) < 4.78 is 8.02. The van der Waals surface area contributed by atoms with Crippen molar-refractivity contribution in [2.24, 2.45) is 7.05 Å². The van der Waals surface area contributed by atoms with Gasteiger partial charge in [0.2, 0.25) is 5.89 Å². The number of hydrogen-bond acceptors (Lipinski definition) is 6. The summed E-state index contributed by atoms with van der Waals surface area (Å²) in [7, 11) is 2.04. The molecule has 136 valence electrons. The molecule has 25 heavy (non-hydrogen) atoms. The smallest absolute Gasteiger partial charge is 0.209 e. The molecule has 9 heteroatoms. The molecule has 1 aliphatic heterocycles. The molecule has 0 saturated carbocycles. The van der Waals surface area contributed by atoms with Crippen molar-refractivity contribution in [3.8, 4) is 10.6 Å². The number of rotatable bonds is 4. The highest BCUT2D eigenvalue weighted by atomic mass is 35.5. The van der Waals surface area contributed by atoms with Crippen molar-refractivity contribution in [3.05, 3.63) is 47.8 Å². The molecular weight excluding hydrogens is 381 g/mol. The zero-order valence-corrected chi connectivity index (χ0v) is 16.2. The molecule has 0 radical (unpaired) electrons. The van der Waals surface area contributed by atoms with Crippen LogP contribution < -0.4 is 5.32 Å². The number of nitrogens with one attached hydrogen (secondary N) is 1. The lowest BCUT2D eigenvalue weighted by molar-refractivity contribution is 0.132. The van der Waals surface area contributed by atoms with E-state index >= 15 is 0 Å². The molecule has 0 aliphatic carbocycles. The summed E-state index contributed by atoms with van der Waals surface area (Å²) in [6.45, 7) is 3.52. The molecule has 4 rings (SSSR count). The maximum atomic E-state index is 5.94. The van der Waals surface area contributed by atoms with E-state index in [2.05, 4.69) is 30.8 Å². The Morgan fingerprint density at radius 1 is 1.36 bits per heavy atom. The zero-order valence-electron chi connectivity index (χ0n) is 13.8. The Balaban J connectivity index is 0.00000113. The molecule has 4 heterocycles. The lowest BCUT2D eigenvalue weighted by atomic mass is 10.1. The van der Waals surface area contributed by atoms with Crippen molar-refractivity contribution in [3.63, 3.8) is 0 Å². The average Bonchev–Trinajstić information content (AvgIpc) is 3.29. The number of aryl methyl sites for hydroxylation is 1. The highest BCUT2D eigenvalue weighted by Crippen LogP contribution is 2.27. The number of nitrogens with zero attached hydrogens (tertiary/aromatic N) is 4. The Bertz CT molecular complexity index is 773. The first-order chi connectivity index (χ1) is 11.3. The van der Waals surface area contributed by atoms with E-state index in [1.807, 2.05) is 37.1 Å². The summed E-state index contributed by atoms with van der Waals surface area (Å²) in [4.78, 5) is 12.5. The summed E-state index contributed by atoms with van der Waals surface area (Å²) in [5, 5.41) is 5.50. The van der Waals surface area contributed by atoms with Gasteiger partial charge in [0.1, 0.15) is 5.82 Å². The molecule has 6 nitrogen and oxygen atoms in total. The van der Waals surface area contributed by atoms with Crippen molar-refractivity contribution in [1.29, 1.82) is 0 Å². The van der Waals surface area contributed by atoms with Crippen molar-refractivity contribution in [1.82, 2.24) is 24.8 Å². The van der Waals surface area contributed by atoms with Gasteiger partial charge in [-0.15, -0.1) is 36.2 Å². The van der Waals surface area contributed by atoms with E-state index in [-0.39, 0.29) is 30.9 Å². The van der Waals surface area contributed by atoms with Gasteiger partial charge in [0.15, 0.2) is 5.76 Å². The standard InChI is InChI=1S/C16H19N5OS.2ClH/c1-20-6-5-18-16(20)12-9-17-4-7-21(12)11-15-19-10-13(22-15)14-3-2-8-23-14;;/h2-3,5-6,8,10,12,17H,4,7,9,11H2,1H3;2*1H. The van der Waals surface area contributed by atoms with Gasteiger partial charge in [0.25, 0.3) is 0 Å². The fourth-order valence-corrected chi connectivity index (χ4v) is 3.65. The second kappa shape index (κ2) is 8.82. The molecule has 0 bridgehead atoms. The molecule has 1 unspecified atom stereocenters. The number of halogens is 2. The van der Waals surface area contributed by atoms with E-state index < -0.39 is 0 Å². The van der Waals surface area contributed by atoms with Crippen molar-refractivity contribution >= 4 is 36.2 Å². The SMILES string of the molecule is Cl.Cl.Cn1ccnc1C1CNCCN1Cc1ncc(-c2cccs2)o1. The third-order valence-electron chi connectivity index (χ3n) is 4.17. The van der Waals surface area contributed by atoms with Crippen LogP contribution in [-0.2, 0) is 13.6 Å². The Kier molecular flexibility index (Phi) is 7.04. The fourth-order valence-electron chi connectivity index (χ4n) is 2.98. The molecule has 0 spiro atoms. The number of piperazine rings is 1. The predicted molar refractivity (Wildman–Crippen MR) is 104 cm³/mol. The molecule has 3 aromatic rings. The molecule has 3 aromatic heterocycles. The van der Waals surface area contributed by atoms with E-state index in [1.165, 1.54) is 0 Å². The Morgan fingerprint density at radius 2 is 2.24 bits per heavy atom. The number of thiophene rings is 1. The van der Waals surface area contributed by atoms with E-state index in [0.29, 0.717) is 6.54 Å². The number of imidazole rings is 1. The van der Waals surface area contributed by atoms with E-state index in [0.717, 1.165) is 42.0 Å². The molecule has 1 aliphatic rings. The quantitative estimate of drug-likeness (QED) is 0.727.